The lowest BCUT2D eigenvalue weighted by Gasteiger charge is -2.08. The van der Waals surface area contributed by atoms with Crippen molar-refractivity contribution in [3.8, 4) is 0 Å². The van der Waals surface area contributed by atoms with E-state index in [1.54, 1.807) is 10.9 Å². The minimum atomic E-state index is 0.631. The third-order valence-electron chi connectivity index (χ3n) is 2.52. The van der Waals surface area contributed by atoms with Crippen LogP contribution >= 0.6 is 15.9 Å². The average molecular weight is 325 g/mol. The van der Waals surface area contributed by atoms with Gasteiger partial charge in [-0.1, -0.05) is 0 Å². The molecule has 0 atom stereocenters. The van der Waals surface area contributed by atoms with Crippen LogP contribution in [0.4, 0.5) is 11.8 Å². The molecule has 2 N–H and O–H groups in total. The second-order valence-electron chi connectivity index (χ2n) is 4.08. The van der Waals surface area contributed by atoms with Crippen molar-refractivity contribution in [2.24, 2.45) is 7.05 Å². The maximum Gasteiger partial charge on any atom is 0.224 e. The van der Waals surface area contributed by atoms with Gasteiger partial charge in [-0.3, -0.25) is 4.68 Å². The molecule has 2 rings (SSSR count). The van der Waals surface area contributed by atoms with Crippen LogP contribution in [-0.2, 0) is 13.5 Å². The zero-order valence-corrected chi connectivity index (χ0v) is 12.6. The van der Waals surface area contributed by atoms with E-state index in [2.05, 4.69) is 41.6 Å². The number of nitrogens with one attached hydrogen (secondary N) is 2. The number of hydrogen-bond donors (Lipinski definition) is 2. The fourth-order valence-electron chi connectivity index (χ4n) is 1.64. The Labute approximate surface area is 120 Å². The van der Waals surface area contributed by atoms with E-state index in [1.165, 1.54) is 0 Å². The van der Waals surface area contributed by atoms with E-state index in [4.69, 9.17) is 0 Å². The Morgan fingerprint density at radius 2 is 2.21 bits per heavy atom. The summed E-state index contributed by atoms with van der Waals surface area (Å²) in [6, 6.07) is 2.01. The molecule has 0 spiro atoms. The highest BCUT2D eigenvalue weighted by Gasteiger charge is 2.04. The van der Waals surface area contributed by atoms with Gasteiger partial charge in [0.05, 0.1) is 10.2 Å². The quantitative estimate of drug-likeness (QED) is 0.851. The van der Waals surface area contributed by atoms with E-state index in [1.807, 2.05) is 26.2 Å². The predicted octanol–water partition coefficient (Wildman–Crippen LogP) is 2.06. The fourth-order valence-corrected chi connectivity index (χ4v) is 1.97. The third kappa shape index (κ3) is 3.92. The highest BCUT2D eigenvalue weighted by atomic mass is 79.9. The van der Waals surface area contributed by atoms with Gasteiger partial charge >= 0.3 is 0 Å². The lowest BCUT2D eigenvalue weighted by molar-refractivity contribution is 0.742. The van der Waals surface area contributed by atoms with Gasteiger partial charge in [-0.2, -0.15) is 10.1 Å². The molecule has 0 bridgehead atoms. The molecule has 102 valence electrons. The highest BCUT2D eigenvalue weighted by Crippen LogP contribution is 2.19. The summed E-state index contributed by atoms with van der Waals surface area (Å²) in [6.07, 6.45) is 4.54. The maximum absolute atomic E-state index is 4.39. The van der Waals surface area contributed by atoms with Gasteiger partial charge in [-0.25, -0.2) is 4.98 Å². The van der Waals surface area contributed by atoms with Crippen molar-refractivity contribution < 1.29 is 0 Å². The number of aryl methyl sites for hydroxylation is 1. The van der Waals surface area contributed by atoms with Crippen LogP contribution in [-0.4, -0.2) is 32.8 Å². The van der Waals surface area contributed by atoms with Crippen LogP contribution in [0.15, 0.2) is 22.9 Å². The van der Waals surface area contributed by atoms with Gasteiger partial charge in [0.25, 0.3) is 0 Å². The summed E-state index contributed by atoms with van der Waals surface area (Å²) in [7, 11) is 1.92. The van der Waals surface area contributed by atoms with Crippen molar-refractivity contribution in [2.45, 2.75) is 13.3 Å². The van der Waals surface area contributed by atoms with Crippen LogP contribution in [0, 0.1) is 0 Å². The van der Waals surface area contributed by atoms with Gasteiger partial charge in [-0.15, -0.1) is 0 Å². The largest absolute Gasteiger partial charge is 0.369 e. The Hall–Kier alpha value is -1.63. The molecular weight excluding hydrogens is 308 g/mol. The Morgan fingerprint density at radius 1 is 1.37 bits per heavy atom. The van der Waals surface area contributed by atoms with Gasteiger partial charge in [0.2, 0.25) is 5.95 Å². The van der Waals surface area contributed by atoms with E-state index >= 15 is 0 Å². The summed E-state index contributed by atoms with van der Waals surface area (Å²) in [4.78, 5) is 8.57. The second-order valence-corrected chi connectivity index (χ2v) is 4.93. The summed E-state index contributed by atoms with van der Waals surface area (Å²) >= 11 is 3.44. The topological polar surface area (TPSA) is 67.7 Å². The molecule has 0 fully saturated rings. The van der Waals surface area contributed by atoms with E-state index in [-0.39, 0.29) is 0 Å². The van der Waals surface area contributed by atoms with Gasteiger partial charge in [0.1, 0.15) is 5.82 Å². The van der Waals surface area contributed by atoms with Crippen LogP contribution in [0.25, 0.3) is 0 Å². The zero-order valence-electron chi connectivity index (χ0n) is 11.0. The first-order valence-corrected chi connectivity index (χ1v) is 6.97. The number of hydrogen-bond acceptors (Lipinski definition) is 5. The average Bonchev–Trinajstić information content (AvgIpc) is 2.79. The van der Waals surface area contributed by atoms with E-state index in [9.17, 15) is 0 Å². The molecule has 6 nitrogen and oxygen atoms in total. The van der Waals surface area contributed by atoms with Crippen LogP contribution < -0.4 is 10.6 Å². The van der Waals surface area contributed by atoms with Gasteiger partial charge in [0, 0.05) is 39.0 Å². The van der Waals surface area contributed by atoms with Gasteiger partial charge < -0.3 is 10.6 Å². The summed E-state index contributed by atoms with van der Waals surface area (Å²) in [5.41, 5.74) is 1.06. The predicted molar refractivity (Wildman–Crippen MR) is 79.3 cm³/mol. The van der Waals surface area contributed by atoms with Gasteiger partial charge in [0.15, 0.2) is 0 Å². The Bertz CT molecular complexity index is 539. The van der Waals surface area contributed by atoms with Crippen molar-refractivity contribution in [1.29, 1.82) is 0 Å². The fraction of sp³-hybridized carbons (Fsp3) is 0.417. The van der Waals surface area contributed by atoms with Crippen LogP contribution in [0.3, 0.4) is 0 Å². The lowest BCUT2D eigenvalue weighted by atomic mass is 10.3. The molecule has 0 aromatic carbocycles. The molecule has 2 aromatic rings. The third-order valence-corrected chi connectivity index (χ3v) is 3.10. The minimum absolute atomic E-state index is 0.631. The number of aromatic nitrogens is 4. The number of halogens is 1. The molecule has 0 radical (unpaired) electrons. The molecule has 0 unspecified atom stereocenters. The Morgan fingerprint density at radius 3 is 2.89 bits per heavy atom. The molecule has 2 heterocycles. The molecule has 0 aliphatic heterocycles. The molecule has 0 aliphatic rings. The summed E-state index contributed by atoms with van der Waals surface area (Å²) in [5.74, 6) is 1.42. The molecule has 0 amide bonds. The molecule has 2 aromatic heterocycles. The minimum Gasteiger partial charge on any atom is -0.369 e. The number of anilines is 2. The van der Waals surface area contributed by atoms with Gasteiger partial charge in [-0.05, 0) is 28.9 Å². The maximum atomic E-state index is 4.39. The van der Waals surface area contributed by atoms with Crippen molar-refractivity contribution in [3.05, 3.63) is 28.6 Å². The monoisotopic (exact) mass is 324 g/mol. The lowest BCUT2D eigenvalue weighted by Crippen LogP contribution is -2.10. The SMILES string of the molecule is CCNc1ncc(Br)c(NCCc2ccn(C)n2)n1. The van der Waals surface area contributed by atoms with E-state index in [0.29, 0.717) is 5.95 Å². The zero-order chi connectivity index (χ0) is 13.7. The second kappa shape index (κ2) is 6.51. The molecule has 0 aliphatic carbocycles. The first-order chi connectivity index (χ1) is 9.19. The van der Waals surface area contributed by atoms with E-state index < -0.39 is 0 Å². The van der Waals surface area contributed by atoms with Crippen molar-refractivity contribution >= 4 is 27.7 Å². The first-order valence-electron chi connectivity index (χ1n) is 6.18. The van der Waals surface area contributed by atoms with Crippen LogP contribution in [0.5, 0.6) is 0 Å². The molecule has 0 saturated heterocycles. The first kappa shape index (κ1) is 13.8. The summed E-state index contributed by atoms with van der Waals surface area (Å²) < 4.78 is 2.66. The van der Waals surface area contributed by atoms with Crippen molar-refractivity contribution in [3.63, 3.8) is 0 Å². The Kier molecular flexibility index (Phi) is 4.73. The van der Waals surface area contributed by atoms with Crippen LogP contribution in [0.2, 0.25) is 0 Å². The molecule has 19 heavy (non-hydrogen) atoms. The smallest absolute Gasteiger partial charge is 0.224 e. The van der Waals surface area contributed by atoms with Crippen molar-refractivity contribution in [2.75, 3.05) is 23.7 Å². The molecule has 0 saturated carbocycles. The van der Waals surface area contributed by atoms with Crippen LogP contribution in [0.1, 0.15) is 12.6 Å². The van der Waals surface area contributed by atoms with E-state index in [0.717, 1.165) is 35.5 Å². The molecular formula is C12H17BrN6. The van der Waals surface area contributed by atoms with Crippen molar-refractivity contribution in [1.82, 2.24) is 19.7 Å². The summed E-state index contributed by atoms with van der Waals surface area (Å²) in [6.45, 7) is 3.59. The number of rotatable bonds is 6. The highest BCUT2D eigenvalue weighted by molar-refractivity contribution is 9.10. The Balaban J connectivity index is 1.93. The standard InChI is InChI=1S/C12H17BrN6/c1-3-14-12-16-8-10(13)11(17-12)15-6-4-9-5-7-19(2)18-9/h5,7-8H,3-4,6H2,1-2H3,(H2,14,15,16,17). The normalized spacial score (nSPS) is 10.5. The molecule has 7 heteroatoms. The number of nitrogens with zero attached hydrogens (tertiary/aromatic N) is 4. The summed E-state index contributed by atoms with van der Waals surface area (Å²) in [5, 5.41) is 10.7.